The van der Waals surface area contributed by atoms with E-state index in [9.17, 15) is 0 Å². The van der Waals surface area contributed by atoms with Crippen molar-refractivity contribution in [3.8, 4) is 5.75 Å². The molecule has 0 saturated heterocycles. The number of hydrogen-bond acceptors (Lipinski definition) is 2. The summed E-state index contributed by atoms with van der Waals surface area (Å²) in [5, 5.41) is 0.976. The molecule has 0 bridgehead atoms. The van der Waals surface area contributed by atoms with E-state index < -0.39 is 0 Å². The van der Waals surface area contributed by atoms with Crippen LogP contribution in [0.15, 0.2) is 18.3 Å². The maximum Gasteiger partial charge on any atom is 0.140 e. The number of hydrogen-bond donors (Lipinski definition) is 0. The van der Waals surface area contributed by atoms with Crippen molar-refractivity contribution in [2.45, 2.75) is 20.8 Å². The number of pyridine rings is 1. The molecule has 0 aliphatic rings. The number of ether oxygens (including phenoxy) is 1. The van der Waals surface area contributed by atoms with Crippen molar-refractivity contribution in [1.29, 1.82) is 0 Å². The molecule has 0 N–H and O–H groups in total. The molecule has 0 amide bonds. The van der Waals surface area contributed by atoms with E-state index in [2.05, 4.69) is 34.8 Å². The van der Waals surface area contributed by atoms with E-state index in [0.29, 0.717) is 11.8 Å². The highest BCUT2D eigenvalue weighted by Gasteiger charge is 2.13. The van der Waals surface area contributed by atoms with Gasteiger partial charge in [0.05, 0.1) is 12.3 Å². The van der Waals surface area contributed by atoms with Crippen LogP contribution in [0.3, 0.4) is 0 Å². The van der Waals surface area contributed by atoms with Crippen LogP contribution in [0.2, 0.25) is 0 Å². The van der Waals surface area contributed by atoms with Gasteiger partial charge in [0, 0.05) is 17.4 Å². The Morgan fingerprint density at radius 1 is 1.47 bits per heavy atom. The molecular formula is C12H18BrNO. The lowest BCUT2D eigenvalue weighted by molar-refractivity contribution is 0.225. The van der Waals surface area contributed by atoms with Crippen LogP contribution in [-0.2, 0) is 0 Å². The second-order valence-electron chi connectivity index (χ2n) is 4.06. The third kappa shape index (κ3) is 3.82. The lowest BCUT2D eigenvalue weighted by Crippen LogP contribution is -2.19. The van der Waals surface area contributed by atoms with E-state index in [4.69, 9.17) is 4.74 Å². The number of halogens is 1. The average molecular weight is 272 g/mol. The van der Waals surface area contributed by atoms with E-state index in [0.717, 1.165) is 23.4 Å². The molecule has 0 aliphatic carbocycles. The zero-order chi connectivity index (χ0) is 11.3. The van der Waals surface area contributed by atoms with Gasteiger partial charge in [0.25, 0.3) is 0 Å². The van der Waals surface area contributed by atoms with E-state index in [1.165, 1.54) is 0 Å². The molecule has 0 aliphatic heterocycles. The van der Waals surface area contributed by atoms with Gasteiger partial charge in [-0.15, -0.1) is 0 Å². The summed E-state index contributed by atoms with van der Waals surface area (Å²) in [6.07, 6.45) is 1.78. The first-order valence-electron chi connectivity index (χ1n) is 5.25. The van der Waals surface area contributed by atoms with E-state index >= 15 is 0 Å². The van der Waals surface area contributed by atoms with Crippen LogP contribution < -0.4 is 4.74 Å². The lowest BCUT2D eigenvalue weighted by Gasteiger charge is -2.19. The molecule has 2 nitrogen and oxygen atoms in total. The van der Waals surface area contributed by atoms with Gasteiger partial charge in [-0.05, 0) is 25.0 Å². The highest BCUT2D eigenvalue weighted by molar-refractivity contribution is 9.09. The van der Waals surface area contributed by atoms with Gasteiger partial charge >= 0.3 is 0 Å². The molecule has 0 radical (unpaired) electrons. The zero-order valence-corrected chi connectivity index (χ0v) is 11.1. The molecule has 0 saturated carbocycles. The Kier molecular flexibility index (Phi) is 5.09. The third-order valence-corrected chi connectivity index (χ3v) is 3.38. The van der Waals surface area contributed by atoms with Crippen molar-refractivity contribution in [3.05, 3.63) is 24.0 Å². The second-order valence-corrected chi connectivity index (χ2v) is 4.70. The first-order chi connectivity index (χ1) is 7.15. The normalized spacial score (nSPS) is 12.9. The Hall–Kier alpha value is -0.570. The van der Waals surface area contributed by atoms with Crippen LogP contribution >= 0.6 is 15.9 Å². The molecule has 1 aromatic heterocycles. The summed E-state index contributed by atoms with van der Waals surface area (Å²) >= 11 is 3.51. The van der Waals surface area contributed by atoms with Crippen LogP contribution in [0.5, 0.6) is 5.75 Å². The number of rotatable bonds is 5. The molecule has 0 fully saturated rings. The van der Waals surface area contributed by atoms with Gasteiger partial charge in [-0.1, -0.05) is 29.8 Å². The summed E-state index contributed by atoms with van der Waals surface area (Å²) in [7, 11) is 0. The molecule has 15 heavy (non-hydrogen) atoms. The van der Waals surface area contributed by atoms with Crippen LogP contribution in [0, 0.1) is 18.8 Å². The minimum absolute atomic E-state index is 0.546. The number of aromatic nitrogens is 1. The Balaban J connectivity index is 2.53. The van der Waals surface area contributed by atoms with E-state index in [1.807, 2.05) is 19.1 Å². The fourth-order valence-electron chi connectivity index (χ4n) is 1.23. The summed E-state index contributed by atoms with van der Waals surface area (Å²) in [6.45, 7) is 7.14. The molecule has 84 valence electrons. The van der Waals surface area contributed by atoms with Crippen LogP contribution in [0.25, 0.3) is 0 Å². The molecule has 1 aromatic rings. The fraction of sp³-hybridized carbons (Fsp3) is 0.583. The maximum absolute atomic E-state index is 5.76. The highest BCUT2D eigenvalue weighted by Crippen LogP contribution is 2.18. The van der Waals surface area contributed by atoms with Crippen molar-refractivity contribution < 1.29 is 4.74 Å². The molecule has 0 spiro atoms. The Morgan fingerprint density at radius 3 is 2.73 bits per heavy atom. The summed E-state index contributed by atoms with van der Waals surface area (Å²) in [5.41, 5.74) is 0.953. The standard InChI is InChI=1S/C12H18BrNO/c1-9(2)11(7-13)8-15-12-5-4-6-14-10(12)3/h4-6,9,11H,7-8H2,1-3H3. The van der Waals surface area contributed by atoms with Gasteiger partial charge in [0.2, 0.25) is 0 Å². The quantitative estimate of drug-likeness (QED) is 0.766. The smallest absolute Gasteiger partial charge is 0.140 e. The molecular weight excluding hydrogens is 254 g/mol. The van der Waals surface area contributed by atoms with Crippen LogP contribution in [0.1, 0.15) is 19.5 Å². The van der Waals surface area contributed by atoms with Gasteiger partial charge in [-0.25, -0.2) is 0 Å². The Labute approximate surface area is 100 Å². The summed E-state index contributed by atoms with van der Waals surface area (Å²) in [6, 6.07) is 3.87. The number of alkyl halides is 1. The summed E-state index contributed by atoms with van der Waals surface area (Å²) in [5.74, 6) is 2.06. The van der Waals surface area contributed by atoms with Gasteiger partial charge < -0.3 is 4.74 Å². The maximum atomic E-state index is 5.76. The Morgan fingerprint density at radius 2 is 2.20 bits per heavy atom. The number of nitrogens with zero attached hydrogens (tertiary/aromatic N) is 1. The van der Waals surface area contributed by atoms with Crippen LogP contribution in [-0.4, -0.2) is 16.9 Å². The van der Waals surface area contributed by atoms with Crippen LogP contribution in [0.4, 0.5) is 0 Å². The molecule has 1 rings (SSSR count). The van der Waals surface area contributed by atoms with Crippen molar-refractivity contribution in [3.63, 3.8) is 0 Å². The first-order valence-corrected chi connectivity index (χ1v) is 6.37. The second kappa shape index (κ2) is 6.11. The largest absolute Gasteiger partial charge is 0.491 e. The molecule has 3 heteroatoms. The molecule has 1 unspecified atom stereocenters. The van der Waals surface area contributed by atoms with Gasteiger partial charge in [-0.3, -0.25) is 4.98 Å². The summed E-state index contributed by atoms with van der Waals surface area (Å²) in [4.78, 5) is 4.19. The van der Waals surface area contributed by atoms with Gasteiger partial charge in [-0.2, -0.15) is 0 Å². The minimum atomic E-state index is 0.546. The predicted octanol–water partition coefficient (Wildman–Crippen LogP) is 3.44. The first kappa shape index (κ1) is 12.5. The average Bonchev–Trinajstić information content (AvgIpc) is 2.21. The van der Waals surface area contributed by atoms with Crippen molar-refractivity contribution in [2.75, 3.05) is 11.9 Å². The monoisotopic (exact) mass is 271 g/mol. The number of aryl methyl sites for hydroxylation is 1. The SMILES string of the molecule is Cc1ncccc1OCC(CBr)C(C)C. The third-order valence-electron chi connectivity index (χ3n) is 2.55. The molecule has 1 heterocycles. The van der Waals surface area contributed by atoms with Gasteiger partial charge in [0.1, 0.15) is 5.75 Å². The molecule has 0 aromatic carbocycles. The zero-order valence-electron chi connectivity index (χ0n) is 9.53. The van der Waals surface area contributed by atoms with E-state index in [1.54, 1.807) is 6.20 Å². The predicted molar refractivity (Wildman–Crippen MR) is 66.6 cm³/mol. The van der Waals surface area contributed by atoms with Crippen molar-refractivity contribution >= 4 is 15.9 Å². The van der Waals surface area contributed by atoms with Crippen molar-refractivity contribution in [2.24, 2.45) is 11.8 Å². The minimum Gasteiger partial charge on any atom is -0.491 e. The lowest BCUT2D eigenvalue weighted by atomic mass is 9.99. The molecule has 1 atom stereocenters. The summed E-state index contributed by atoms with van der Waals surface area (Å²) < 4.78 is 5.76. The van der Waals surface area contributed by atoms with E-state index in [-0.39, 0.29) is 0 Å². The van der Waals surface area contributed by atoms with Gasteiger partial charge in [0.15, 0.2) is 0 Å². The van der Waals surface area contributed by atoms with Crippen molar-refractivity contribution in [1.82, 2.24) is 4.98 Å². The fourth-order valence-corrected chi connectivity index (χ4v) is 2.17. The highest BCUT2D eigenvalue weighted by atomic mass is 79.9. The topological polar surface area (TPSA) is 22.1 Å². The Bertz CT molecular complexity index is 301.